The Kier molecular flexibility index (Phi) is 3.92. The van der Waals surface area contributed by atoms with Crippen LogP contribution in [0.5, 0.6) is 0 Å². The van der Waals surface area contributed by atoms with Gasteiger partial charge in [-0.1, -0.05) is 39.0 Å². The molecule has 1 nitrogen and oxygen atoms in total. The Morgan fingerprint density at radius 1 is 1.36 bits per heavy atom. The Bertz CT molecular complexity index is 95.0. The highest BCUT2D eigenvalue weighted by atomic mass is 14.6. The van der Waals surface area contributed by atoms with Gasteiger partial charge in [-0.3, -0.25) is 0 Å². The number of nitrogens with two attached hydrogens (primary N) is 1. The van der Waals surface area contributed by atoms with Crippen LogP contribution in [0.3, 0.4) is 0 Å². The zero-order valence-electron chi connectivity index (χ0n) is 7.39. The summed E-state index contributed by atoms with van der Waals surface area (Å²) in [6.45, 7) is 3.82. The first-order chi connectivity index (χ1) is 5.33. The highest BCUT2D eigenvalue weighted by Crippen LogP contribution is 2.28. The van der Waals surface area contributed by atoms with Crippen LogP contribution in [0.2, 0.25) is 0 Å². The largest absolute Gasteiger partial charge is 0.328 e. The average molecular weight is 154 g/mol. The minimum absolute atomic E-state index is 0.426. The van der Waals surface area contributed by atoms with Crippen LogP contribution < -0.4 is 5.73 Å². The van der Waals surface area contributed by atoms with Gasteiger partial charge >= 0.3 is 0 Å². The van der Waals surface area contributed by atoms with E-state index in [1.165, 1.54) is 32.1 Å². The van der Waals surface area contributed by atoms with Crippen LogP contribution in [0.25, 0.3) is 0 Å². The normalized spacial score (nSPS) is 22.4. The third-order valence-corrected chi connectivity index (χ3v) is 2.69. The SMILES string of the molecule is [CH2]CCC(N)CC1CCCC1. The molecule has 1 atom stereocenters. The van der Waals surface area contributed by atoms with Gasteiger partial charge in [0.2, 0.25) is 0 Å². The number of rotatable bonds is 4. The molecular weight excluding hydrogens is 134 g/mol. The molecule has 1 unspecified atom stereocenters. The van der Waals surface area contributed by atoms with Crippen LogP contribution in [0.1, 0.15) is 44.9 Å². The molecule has 0 aromatic heterocycles. The van der Waals surface area contributed by atoms with Crippen LogP contribution in [-0.4, -0.2) is 6.04 Å². The van der Waals surface area contributed by atoms with Crippen LogP contribution in [-0.2, 0) is 0 Å². The summed E-state index contributed by atoms with van der Waals surface area (Å²) in [5.74, 6) is 0.941. The molecule has 1 heteroatoms. The molecule has 0 amide bonds. The van der Waals surface area contributed by atoms with E-state index < -0.39 is 0 Å². The van der Waals surface area contributed by atoms with Crippen molar-refractivity contribution in [2.24, 2.45) is 11.7 Å². The molecule has 11 heavy (non-hydrogen) atoms. The van der Waals surface area contributed by atoms with Gasteiger partial charge in [0.05, 0.1) is 0 Å². The van der Waals surface area contributed by atoms with E-state index in [4.69, 9.17) is 5.73 Å². The van der Waals surface area contributed by atoms with Gasteiger partial charge in [0.25, 0.3) is 0 Å². The van der Waals surface area contributed by atoms with E-state index in [0.29, 0.717) is 6.04 Å². The lowest BCUT2D eigenvalue weighted by atomic mass is 9.96. The van der Waals surface area contributed by atoms with E-state index in [-0.39, 0.29) is 0 Å². The smallest absolute Gasteiger partial charge is 0.00414 e. The van der Waals surface area contributed by atoms with Crippen LogP contribution in [0.15, 0.2) is 0 Å². The van der Waals surface area contributed by atoms with E-state index in [9.17, 15) is 0 Å². The third kappa shape index (κ3) is 3.24. The van der Waals surface area contributed by atoms with Gasteiger partial charge in [-0.05, 0) is 18.8 Å². The zero-order chi connectivity index (χ0) is 8.10. The zero-order valence-corrected chi connectivity index (χ0v) is 7.39. The lowest BCUT2D eigenvalue weighted by molar-refractivity contribution is 0.428. The molecule has 1 saturated carbocycles. The van der Waals surface area contributed by atoms with Crippen molar-refractivity contribution >= 4 is 0 Å². The summed E-state index contributed by atoms with van der Waals surface area (Å²) in [6, 6.07) is 0.426. The van der Waals surface area contributed by atoms with Crippen molar-refractivity contribution < 1.29 is 0 Å². The molecule has 1 aliphatic rings. The second-order valence-electron chi connectivity index (χ2n) is 3.79. The molecule has 65 valence electrons. The topological polar surface area (TPSA) is 26.0 Å². The first-order valence-corrected chi connectivity index (χ1v) is 4.87. The van der Waals surface area contributed by atoms with Gasteiger partial charge in [-0.2, -0.15) is 0 Å². The first-order valence-electron chi connectivity index (χ1n) is 4.87. The van der Waals surface area contributed by atoms with Crippen molar-refractivity contribution in [3.63, 3.8) is 0 Å². The van der Waals surface area contributed by atoms with Gasteiger partial charge in [0, 0.05) is 6.04 Å². The Balaban J connectivity index is 2.08. The molecule has 1 aliphatic carbocycles. The summed E-state index contributed by atoms with van der Waals surface area (Å²) in [4.78, 5) is 0. The van der Waals surface area contributed by atoms with Gasteiger partial charge in [0.1, 0.15) is 0 Å². The molecule has 0 aliphatic heterocycles. The first kappa shape index (κ1) is 9.05. The number of hydrogen-bond acceptors (Lipinski definition) is 1. The second kappa shape index (κ2) is 4.76. The maximum absolute atomic E-state index is 5.92. The van der Waals surface area contributed by atoms with Crippen molar-refractivity contribution in [1.82, 2.24) is 0 Å². The summed E-state index contributed by atoms with van der Waals surface area (Å²) in [7, 11) is 0. The molecule has 0 saturated heterocycles. The molecule has 1 radical (unpaired) electrons. The van der Waals surface area contributed by atoms with Crippen molar-refractivity contribution in [3.8, 4) is 0 Å². The molecule has 0 heterocycles. The van der Waals surface area contributed by atoms with Crippen molar-refractivity contribution in [2.45, 2.75) is 51.0 Å². The molecule has 0 bridgehead atoms. The summed E-state index contributed by atoms with van der Waals surface area (Å²) >= 11 is 0. The predicted molar refractivity (Wildman–Crippen MR) is 49.1 cm³/mol. The highest BCUT2D eigenvalue weighted by molar-refractivity contribution is 4.73. The summed E-state index contributed by atoms with van der Waals surface area (Å²) in [5.41, 5.74) is 5.92. The van der Waals surface area contributed by atoms with E-state index in [2.05, 4.69) is 6.92 Å². The maximum atomic E-state index is 5.92. The third-order valence-electron chi connectivity index (χ3n) is 2.69. The highest BCUT2D eigenvalue weighted by Gasteiger charge is 2.17. The molecular formula is C10H20N. The van der Waals surface area contributed by atoms with Crippen molar-refractivity contribution in [3.05, 3.63) is 6.92 Å². The second-order valence-corrected chi connectivity index (χ2v) is 3.79. The standard InChI is InChI=1S/C10H20N/c1-2-5-10(11)8-9-6-3-4-7-9/h9-10H,1-8,11H2. The summed E-state index contributed by atoms with van der Waals surface area (Å²) in [5, 5.41) is 0. The lowest BCUT2D eigenvalue weighted by Crippen LogP contribution is -2.22. The monoisotopic (exact) mass is 154 g/mol. The molecule has 0 aromatic rings. The molecule has 0 aromatic carbocycles. The van der Waals surface area contributed by atoms with Gasteiger partial charge in [-0.15, -0.1) is 0 Å². The molecule has 0 spiro atoms. The fraction of sp³-hybridized carbons (Fsp3) is 0.900. The molecule has 1 fully saturated rings. The fourth-order valence-electron chi connectivity index (χ4n) is 2.05. The summed E-state index contributed by atoms with van der Waals surface area (Å²) < 4.78 is 0. The minimum Gasteiger partial charge on any atom is -0.328 e. The van der Waals surface area contributed by atoms with E-state index in [1.54, 1.807) is 0 Å². The van der Waals surface area contributed by atoms with Gasteiger partial charge < -0.3 is 5.73 Å². The summed E-state index contributed by atoms with van der Waals surface area (Å²) in [6.07, 6.45) is 9.05. The van der Waals surface area contributed by atoms with Crippen LogP contribution in [0.4, 0.5) is 0 Å². The fourth-order valence-corrected chi connectivity index (χ4v) is 2.05. The maximum Gasteiger partial charge on any atom is 0.00414 e. The van der Waals surface area contributed by atoms with E-state index in [0.717, 1.165) is 18.8 Å². The number of hydrogen-bond donors (Lipinski definition) is 1. The van der Waals surface area contributed by atoms with Crippen molar-refractivity contribution in [1.29, 1.82) is 0 Å². The Morgan fingerprint density at radius 3 is 2.55 bits per heavy atom. The van der Waals surface area contributed by atoms with Gasteiger partial charge in [-0.25, -0.2) is 0 Å². The Labute approximate surface area is 70.4 Å². The predicted octanol–water partition coefficient (Wildman–Crippen LogP) is 2.51. The lowest BCUT2D eigenvalue weighted by Gasteiger charge is -2.14. The van der Waals surface area contributed by atoms with Crippen LogP contribution in [0, 0.1) is 12.8 Å². The van der Waals surface area contributed by atoms with Crippen LogP contribution >= 0.6 is 0 Å². The average Bonchev–Trinajstić information content (AvgIpc) is 2.40. The minimum atomic E-state index is 0.426. The Hall–Kier alpha value is -0.0400. The molecule has 2 N–H and O–H groups in total. The van der Waals surface area contributed by atoms with E-state index >= 15 is 0 Å². The Morgan fingerprint density at radius 2 is 2.00 bits per heavy atom. The van der Waals surface area contributed by atoms with Gasteiger partial charge in [0.15, 0.2) is 0 Å². The quantitative estimate of drug-likeness (QED) is 0.661. The van der Waals surface area contributed by atoms with E-state index in [1.807, 2.05) is 0 Å². The molecule has 1 rings (SSSR count). The van der Waals surface area contributed by atoms with Crippen molar-refractivity contribution in [2.75, 3.05) is 0 Å².